The molecular formula is C10H14N6O2. The molecule has 0 radical (unpaired) electrons. The van der Waals surface area contributed by atoms with Gasteiger partial charge in [0.25, 0.3) is 5.91 Å². The molecule has 2 saturated heterocycles. The largest absolute Gasteiger partial charge is 0.354 e. The molecule has 3 N–H and O–H groups in total. The summed E-state index contributed by atoms with van der Waals surface area (Å²) in [5.74, 6) is -0.320. The van der Waals surface area contributed by atoms with E-state index in [0.29, 0.717) is 18.7 Å². The highest BCUT2D eigenvalue weighted by molar-refractivity contribution is 5.92. The molecule has 8 nitrogen and oxygen atoms in total. The summed E-state index contributed by atoms with van der Waals surface area (Å²) in [6.45, 7) is 2.18. The Bertz CT molecular complexity index is 480. The molecule has 2 amide bonds. The van der Waals surface area contributed by atoms with Crippen LogP contribution in [0.1, 0.15) is 23.0 Å². The molecule has 0 spiro atoms. The van der Waals surface area contributed by atoms with Crippen molar-refractivity contribution in [3.63, 3.8) is 0 Å². The summed E-state index contributed by atoms with van der Waals surface area (Å²) in [6.07, 6.45) is 1.97. The predicted octanol–water partition coefficient (Wildman–Crippen LogP) is -1.96. The Balaban J connectivity index is 1.61. The van der Waals surface area contributed by atoms with Crippen molar-refractivity contribution in [1.82, 2.24) is 30.9 Å². The van der Waals surface area contributed by atoms with Crippen LogP contribution in [-0.2, 0) is 4.79 Å². The van der Waals surface area contributed by atoms with Crippen LogP contribution in [0, 0.1) is 0 Å². The molecular weight excluding hydrogens is 236 g/mol. The van der Waals surface area contributed by atoms with Gasteiger partial charge in [0.2, 0.25) is 5.91 Å². The highest BCUT2D eigenvalue weighted by Gasteiger charge is 2.25. The van der Waals surface area contributed by atoms with Crippen molar-refractivity contribution in [2.45, 2.75) is 18.5 Å². The number of hydrogen-bond donors (Lipinski definition) is 3. The summed E-state index contributed by atoms with van der Waals surface area (Å²) >= 11 is 0. The van der Waals surface area contributed by atoms with E-state index in [4.69, 9.17) is 0 Å². The monoisotopic (exact) mass is 250 g/mol. The molecule has 0 bridgehead atoms. The maximum Gasteiger partial charge on any atom is 0.273 e. The van der Waals surface area contributed by atoms with Crippen molar-refractivity contribution < 1.29 is 9.59 Å². The fraction of sp³-hybridized carbons (Fsp3) is 0.600. The topological polar surface area (TPSA) is 101 Å². The van der Waals surface area contributed by atoms with Crippen LogP contribution in [0.5, 0.6) is 0 Å². The first kappa shape index (κ1) is 11.1. The first-order chi connectivity index (χ1) is 8.72. The van der Waals surface area contributed by atoms with Gasteiger partial charge in [0.1, 0.15) is 0 Å². The van der Waals surface area contributed by atoms with Gasteiger partial charge in [-0.3, -0.25) is 9.59 Å². The lowest BCUT2D eigenvalue weighted by Gasteiger charge is -2.26. The lowest BCUT2D eigenvalue weighted by atomic mass is 10.2. The van der Waals surface area contributed by atoms with Crippen molar-refractivity contribution >= 4 is 11.8 Å². The van der Waals surface area contributed by atoms with Crippen LogP contribution < -0.4 is 16.0 Å². The average molecular weight is 250 g/mol. The molecule has 18 heavy (non-hydrogen) atoms. The zero-order chi connectivity index (χ0) is 12.5. The van der Waals surface area contributed by atoms with Crippen LogP contribution in [0.15, 0.2) is 6.20 Å². The van der Waals surface area contributed by atoms with Crippen LogP contribution in [0.25, 0.3) is 0 Å². The Morgan fingerprint density at radius 3 is 2.89 bits per heavy atom. The van der Waals surface area contributed by atoms with Crippen LogP contribution in [0.4, 0.5) is 0 Å². The van der Waals surface area contributed by atoms with Gasteiger partial charge in [0, 0.05) is 26.1 Å². The lowest BCUT2D eigenvalue weighted by Crippen LogP contribution is -2.43. The van der Waals surface area contributed by atoms with Gasteiger partial charge in [-0.1, -0.05) is 5.21 Å². The van der Waals surface area contributed by atoms with Gasteiger partial charge in [-0.15, -0.1) is 5.10 Å². The molecule has 3 rings (SSSR count). The first-order valence-corrected chi connectivity index (χ1v) is 5.92. The standard InChI is InChI=1S/C10H14N6O2/c17-9-1-6(2-12-9)13-10(18)8-5-16(15-14-8)7-3-11-4-7/h5-7,11H,1-4H2,(H,12,17)(H,13,18). The van der Waals surface area contributed by atoms with Crippen LogP contribution in [-0.4, -0.2) is 52.5 Å². The molecule has 1 aromatic rings. The summed E-state index contributed by atoms with van der Waals surface area (Å²) in [4.78, 5) is 22.9. The van der Waals surface area contributed by atoms with Gasteiger partial charge in [0.05, 0.1) is 18.3 Å². The maximum atomic E-state index is 11.9. The van der Waals surface area contributed by atoms with Gasteiger partial charge in [-0.25, -0.2) is 4.68 Å². The highest BCUT2D eigenvalue weighted by Crippen LogP contribution is 2.10. The smallest absolute Gasteiger partial charge is 0.273 e. The number of amides is 2. The quantitative estimate of drug-likeness (QED) is 0.578. The van der Waals surface area contributed by atoms with Crippen molar-refractivity contribution in [1.29, 1.82) is 0 Å². The summed E-state index contributed by atoms with van der Waals surface area (Å²) in [5.41, 5.74) is 0.293. The molecule has 0 aromatic carbocycles. The second kappa shape index (κ2) is 4.37. The number of carbonyl (C=O) groups excluding carboxylic acids is 2. The normalized spacial score (nSPS) is 23.6. The average Bonchev–Trinajstić information content (AvgIpc) is 2.86. The van der Waals surface area contributed by atoms with E-state index in [2.05, 4.69) is 26.3 Å². The third kappa shape index (κ3) is 2.06. The number of hydrogen-bond acceptors (Lipinski definition) is 5. The summed E-state index contributed by atoms with van der Waals surface area (Å²) < 4.78 is 1.70. The SMILES string of the molecule is O=C1CC(NC(=O)c2cn(C3CNC3)nn2)CN1. The number of nitrogens with one attached hydrogen (secondary N) is 3. The van der Waals surface area contributed by atoms with E-state index in [9.17, 15) is 9.59 Å². The predicted molar refractivity (Wildman–Crippen MR) is 60.8 cm³/mol. The second-order valence-corrected chi connectivity index (χ2v) is 4.57. The van der Waals surface area contributed by atoms with Gasteiger partial charge < -0.3 is 16.0 Å². The Labute approximate surface area is 103 Å². The maximum absolute atomic E-state index is 11.9. The fourth-order valence-corrected chi connectivity index (χ4v) is 1.99. The van der Waals surface area contributed by atoms with Crippen LogP contribution >= 0.6 is 0 Å². The lowest BCUT2D eigenvalue weighted by molar-refractivity contribution is -0.119. The molecule has 1 atom stereocenters. The molecule has 1 aromatic heterocycles. The van der Waals surface area contributed by atoms with E-state index in [-0.39, 0.29) is 23.9 Å². The molecule has 96 valence electrons. The number of nitrogens with zero attached hydrogens (tertiary/aromatic N) is 3. The Hall–Kier alpha value is -1.96. The molecule has 0 aliphatic carbocycles. The second-order valence-electron chi connectivity index (χ2n) is 4.57. The molecule has 3 heterocycles. The Kier molecular flexibility index (Phi) is 2.71. The molecule has 2 aliphatic rings. The molecule has 8 heteroatoms. The molecule has 2 fully saturated rings. The van der Waals surface area contributed by atoms with Gasteiger partial charge in [0.15, 0.2) is 5.69 Å². The zero-order valence-corrected chi connectivity index (χ0v) is 9.72. The van der Waals surface area contributed by atoms with Crippen LogP contribution in [0.2, 0.25) is 0 Å². The van der Waals surface area contributed by atoms with Gasteiger partial charge >= 0.3 is 0 Å². The van der Waals surface area contributed by atoms with E-state index >= 15 is 0 Å². The van der Waals surface area contributed by atoms with E-state index in [1.807, 2.05) is 0 Å². The minimum atomic E-state index is -0.282. The number of carbonyl (C=O) groups is 2. The van der Waals surface area contributed by atoms with E-state index in [1.165, 1.54) is 0 Å². The van der Waals surface area contributed by atoms with Crippen molar-refractivity contribution in [2.24, 2.45) is 0 Å². The third-order valence-corrected chi connectivity index (χ3v) is 3.19. The van der Waals surface area contributed by atoms with E-state index in [0.717, 1.165) is 13.1 Å². The summed E-state index contributed by atoms with van der Waals surface area (Å²) in [5, 5.41) is 16.3. The van der Waals surface area contributed by atoms with Gasteiger partial charge in [-0.2, -0.15) is 0 Å². The van der Waals surface area contributed by atoms with E-state index in [1.54, 1.807) is 10.9 Å². The molecule has 2 aliphatic heterocycles. The minimum Gasteiger partial charge on any atom is -0.354 e. The van der Waals surface area contributed by atoms with Gasteiger partial charge in [-0.05, 0) is 0 Å². The van der Waals surface area contributed by atoms with E-state index < -0.39 is 0 Å². The van der Waals surface area contributed by atoms with Crippen LogP contribution in [0.3, 0.4) is 0 Å². The first-order valence-electron chi connectivity index (χ1n) is 5.92. The number of rotatable bonds is 3. The zero-order valence-electron chi connectivity index (χ0n) is 9.72. The third-order valence-electron chi connectivity index (χ3n) is 3.19. The van der Waals surface area contributed by atoms with Crippen molar-refractivity contribution in [3.8, 4) is 0 Å². The summed E-state index contributed by atoms with van der Waals surface area (Å²) in [6, 6.07) is 0.134. The fourth-order valence-electron chi connectivity index (χ4n) is 1.99. The minimum absolute atomic E-state index is 0.0375. The Morgan fingerprint density at radius 2 is 2.28 bits per heavy atom. The molecule has 0 saturated carbocycles. The van der Waals surface area contributed by atoms with Crippen molar-refractivity contribution in [3.05, 3.63) is 11.9 Å². The molecule has 1 unspecified atom stereocenters. The summed E-state index contributed by atoms with van der Waals surface area (Å²) in [7, 11) is 0. The Morgan fingerprint density at radius 1 is 1.44 bits per heavy atom. The van der Waals surface area contributed by atoms with Crippen molar-refractivity contribution in [2.75, 3.05) is 19.6 Å². The number of aromatic nitrogens is 3. The highest BCUT2D eigenvalue weighted by atomic mass is 16.2.